The molecule has 5 heterocycles. The van der Waals surface area contributed by atoms with Crippen molar-refractivity contribution in [2.24, 2.45) is 0 Å². The summed E-state index contributed by atoms with van der Waals surface area (Å²) in [5, 5.41) is 4.91. The molecule has 0 saturated heterocycles. The van der Waals surface area contributed by atoms with E-state index in [1.807, 2.05) is 17.3 Å². The zero-order chi connectivity index (χ0) is 48.6. The summed E-state index contributed by atoms with van der Waals surface area (Å²) in [6.07, 6.45) is 0. The first kappa shape index (κ1) is 36.6. The van der Waals surface area contributed by atoms with Gasteiger partial charge in [-0.2, -0.15) is 11.3 Å². The van der Waals surface area contributed by atoms with E-state index in [-0.39, 0.29) is 31.4 Å². The van der Waals surface area contributed by atoms with Crippen LogP contribution in [0.5, 0.6) is 0 Å². The minimum absolute atomic E-state index is 0. The van der Waals surface area contributed by atoms with Crippen LogP contribution in [0.2, 0.25) is 17.3 Å². The summed E-state index contributed by atoms with van der Waals surface area (Å²) in [5.74, 6) is 7.21. The number of thiophene rings is 1. The van der Waals surface area contributed by atoms with Crippen LogP contribution >= 0.6 is 11.3 Å². The maximum atomic E-state index is 7.90. The van der Waals surface area contributed by atoms with Crippen LogP contribution in [-0.2, 0) is 20.1 Å². The van der Waals surface area contributed by atoms with E-state index >= 15 is 0 Å². The first-order valence-electron chi connectivity index (χ1n) is 24.2. The average Bonchev–Trinajstić information content (AvgIpc) is 4.01. The predicted octanol–water partition coefficient (Wildman–Crippen LogP) is 14.5. The number of benzene rings is 6. The number of hydrogen-bond acceptors (Lipinski definition) is 4. The summed E-state index contributed by atoms with van der Waals surface area (Å²) < 4.78 is 53.6. The number of aromatic nitrogens is 5. The SMILES string of the molecule is Cc1c[c-]c(-c2nc3ccccc3n2-c2ccc3c4ccccc4n(-c4ccccc4)c3c2)c2sc3nc(C(C)C)ccc3c12.[2H]C([2H])([2H])c1cc(-c2[c-]cccc2)nc(C([2H])([2H])[2H])[c]1[Ge]([CH3])([CH3])[CH3].[Ir]. The van der Waals surface area contributed by atoms with Crippen molar-refractivity contribution in [2.75, 3.05) is 0 Å². The average molecular weight is 1090 g/mol. The van der Waals surface area contributed by atoms with Crippen molar-refractivity contribution in [1.82, 2.24) is 24.1 Å². The Bertz CT molecular complexity index is 3710. The molecule has 0 N–H and O–H groups in total. The van der Waals surface area contributed by atoms with Crippen LogP contribution in [-0.4, -0.2) is 37.4 Å². The van der Waals surface area contributed by atoms with Crippen LogP contribution in [0.15, 0.2) is 146 Å². The quantitative estimate of drug-likeness (QED) is 0.123. The molecule has 64 heavy (non-hydrogen) atoms. The Labute approximate surface area is 404 Å². The van der Waals surface area contributed by atoms with E-state index in [4.69, 9.17) is 18.2 Å². The molecule has 0 aliphatic rings. The Morgan fingerprint density at radius 2 is 1.39 bits per heavy atom. The second-order valence-electron chi connectivity index (χ2n) is 17.4. The molecule has 11 rings (SSSR count). The summed E-state index contributed by atoms with van der Waals surface area (Å²) in [6.45, 7) is 1.72. The van der Waals surface area contributed by atoms with Gasteiger partial charge in [0, 0.05) is 53.3 Å². The van der Waals surface area contributed by atoms with Gasteiger partial charge in [0.15, 0.2) is 0 Å². The van der Waals surface area contributed by atoms with Crippen molar-refractivity contribution in [2.45, 2.75) is 57.7 Å². The number of imidazole rings is 1. The van der Waals surface area contributed by atoms with Crippen molar-refractivity contribution < 1.29 is 28.3 Å². The van der Waals surface area contributed by atoms with Gasteiger partial charge < -0.3 is 9.13 Å². The summed E-state index contributed by atoms with van der Waals surface area (Å²) in [6, 6.07) is 56.2. The Morgan fingerprint density at radius 1 is 0.656 bits per heavy atom. The van der Waals surface area contributed by atoms with Gasteiger partial charge in [-0.15, -0.1) is 17.7 Å². The molecule has 1 radical (unpaired) electrons. The minimum Gasteiger partial charge on any atom is 0 e. The molecule has 5 nitrogen and oxygen atoms in total. The van der Waals surface area contributed by atoms with Crippen LogP contribution in [0.25, 0.3) is 87.2 Å². The summed E-state index contributed by atoms with van der Waals surface area (Å²) in [4.78, 5) is 15.8. The maximum absolute atomic E-state index is 7.90. The number of pyridine rings is 2. The van der Waals surface area contributed by atoms with Gasteiger partial charge in [-0.3, -0.25) is 4.98 Å². The molecule has 0 bridgehead atoms. The van der Waals surface area contributed by atoms with Crippen molar-refractivity contribution in [3.8, 4) is 34.0 Å². The van der Waals surface area contributed by atoms with Gasteiger partial charge in [-0.1, -0.05) is 92.4 Å². The smallest absolute Gasteiger partial charge is 0 e. The Morgan fingerprint density at radius 3 is 2.14 bits per heavy atom. The van der Waals surface area contributed by atoms with Gasteiger partial charge in [0.25, 0.3) is 0 Å². The van der Waals surface area contributed by atoms with Crippen LogP contribution in [0.1, 0.15) is 50.5 Å². The van der Waals surface area contributed by atoms with Crippen molar-refractivity contribution in [1.29, 1.82) is 0 Å². The topological polar surface area (TPSA) is 48.5 Å². The van der Waals surface area contributed by atoms with E-state index in [1.54, 1.807) is 35.6 Å². The number of rotatable bonds is 6. The molecule has 11 aromatic rings. The van der Waals surface area contributed by atoms with Crippen molar-refractivity contribution >= 4 is 82.1 Å². The maximum Gasteiger partial charge on any atom is 0 e. The molecule has 0 aliphatic carbocycles. The van der Waals surface area contributed by atoms with E-state index in [0.29, 0.717) is 21.6 Å². The second-order valence-corrected chi connectivity index (χ2v) is 28.8. The van der Waals surface area contributed by atoms with Gasteiger partial charge in [0.2, 0.25) is 0 Å². The number of aryl methyl sites for hydroxylation is 3. The van der Waals surface area contributed by atoms with E-state index in [9.17, 15) is 0 Å². The first-order chi connectivity index (χ1) is 32.9. The molecule has 8 heteroatoms. The molecular weight excluding hydrogens is 1040 g/mol. The molecule has 0 amide bonds. The van der Waals surface area contributed by atoms with Crippen LogP contribution < -0.4 is 4.40 Å². The molecule has 0 spiro atoms. The monoisotopic (exact) mass is 1100 g/mol. The molecule has 319 valence electrons. The molecule has 6 aromatic carbocycles. The standard InChI is InChI=1S/C40H29N4S.C16H20GeN.Ir/c1-24(2)32-22-21-30-37-25(3)17-19-31(38(37)45-40(30)42-32)39-41-33-14-8-10-16-35(33)44(39)27-18-20-29-28-13-7-9-15-34(28)43(36(29)23-27)26-11-5-4-6-12-26;1-12-11-15(14-9-7-6-8-10-14)18-13(2)16(12)17(3,4)5;/h4-18,20-24H,1-3H3;6-9,11H,1-5H3;/q2*-1;/i;1D3,2D3;. The fourth-order valence-electron chi connectivity index (χ4n) is 8.77. The predicted molar refractivity (Wildman–Crippen MR) is 270 cm³/mol. The summed E-state index contributed by atoms with van der Waals surface area (Å²) in [7, 11) is 0. The molecule has 5 aromatic heterocycles. The molecule has 0 fully saturated rings. The third-order valence-corrected chi connectivity index (χ3v) is 17.0. The van der Waals surface area contributed by atoms with Gasteiger partial charge in [-0.25, -0.2) is 4.98 Å². The first-order valence-corrected chi connectivity index (χ1v) is 29.4. The van der Waals surface area contributed by atoms with E-state index in [1.165, 1.54) is 43.4 Å². The molecule has 0 unspecified atom stereocenters. The van der Waals surface area contributed by atoms with Gasteiger partial charge in [-0.05, 0) is 59.1 Å². The number of para-hydroxylation sites is 4. The van der Waals surface area contributed by atoms with Crippen molar-refractivity contribution in [3.05, 3.63) is 180 Å². The van der Waals surface area contributed by atoms with Crippen LogP contribution in [0.4, 0.5) is 0 Å². The van der Waals surface area contributed by atoms with Gasteiger partial charge >= 0.3 is 121 Å². The third-order valence-electron chi connectivity index (χ3n) is 11.7. The Kier molecular flexibility index (Phi) is 9.93. The molecule has 0 aliphatic heterocycles. The third kappa shape index (κ3) is 7.72. The fourth-order valence-corrected chi connectivity index (χ4v) is 13.5. The van der Waals surface area contributed by atoms with Gasteiger partial charge in [0.05, 0.1) is 27.9 Å². The number of hydrogen-bond donors (Lipinski definition) is 0. The molecule has 0 atom stereocenters. The largest absolute Gasteiger partial charge is 0 e. The van der Waals surface area contributed by atoms with Crippen LogP contribution in [0, 0.1) is 32.8 Å². The summed E-state index contributed by atoms with van der Waals surface area (Å²) in [5.41, 5.74) is 10.9. The fraction of sp³-hybridized carbons (Fsp3) is 0.161. The molecule has 0 saturated carbocycles. The molecular formula is C56H49GeIrN5S-2. The summed E-state index contributed by atoms with van der Waals surface area (Å²) >= 11 is -1.07. The van der Waals surface area contributed by atoms with E-state index < -0.39 is 27.0 Å². The minimum atomic E-state index is -2.82. The van der Waals surface area contributed by atoms with E-state index in [2.05, 4.69) is 162 Å². The van der Waals surface area contributed by atoms with Gasteiger partial charge in [0.1, 0.15) is 4.83 Å². The normalized spacial score (nSPS) is 13.5. The Balaban J connectivity index is 0.000000208. The number of fused-ring (bicyclic) bond motifs is 7. The zero-order valence-corrected chi connectivity index (χ0v) is 41.7. The van der Waals surface area contributed by atoms with E-state index in [0.717, 1.165) is 49.8 Å². The second kappa shape index (κ2) is 17.4. The number of nitrogens with zero attached hydrogens (tertiary/aromatic N) is 5. The van der Waals surface area contributed by atoms with Crippen LogP contribution in [0.3, 0.4) is 0 Å². The zero-order valence-electron chi connectivity index (χ0n) is 42.4. The van der Waals surface area contributed by atoms with Crippen molar-refractivity contribution in [3.63, 3.8) is 0 Å². The Hall–Kier alpha value is -5.70.